The fraction of sp³-hybridized carbons (Fsp3) is 0.500. The second-order valence-corrected chi connectivity index (χ2v) is 4.21. The molecule has 1 N–H and O–H groups in total. The Kier molecular flexibility index (Phi) is 6.22. The molecule has 18 heavy (non-hydrogen) atoms. The summed E-state index contributed by atoms with van der Waals surface area (Å²) in [7, 11) is 1.79. The summed E-state index contributed by atoms with van der Waals surface area (Å²) in [5.74, 6) is 0.968. The number of nitrogens with zero attached hydrogens (tertiary/aromatic N) is 1. The van der Waals surface area contributed by atoms with Gasteiger partial charge in [-0.1, -0.05) is 25.1 Å². The molecule has 0 aliphatic heterocycles. The molecule has 0 spiro atoms. The van der Waals surface area contributed by atoms with Crippen molar-refractivity contribution in [1.82, 2.24) is 10.2 Å². The molecule has 0 radical (unpaired) electrons. The van der Waals surface area contributed by atoms with Crippen molar-refractivity contribution >= 4 is 5.91 Å². The number of carbonyl (C=O) groups is 1. The monoisotopic (exact) mass is 250 g/mol. The first-order valence-electron chi connectivity index (χ1n) is 6.28. The van der Waals surface area contributed by atoms with E-state index >= 15 is 0 Å². The highest BCUT2D eigenvalue weighted by Crippen LogP contribution is 2.15. The van der Waals surface area contributed by atoms with Gasteiger partial charge in [0.05, 0.1) is 13.1 Å². The van der Waals surface area contributed by atoms with Crippen LogP contribution in [0.4, 0.5) is 0 Å². The molecule has 0 aliphatic carbocycles. The number of hydrogen-bond acceptors (Lipinski definition) is 3. The Bertz CT molecular complexity index is 380. The average molecular weight is 250 g/mol. The van der Waals surface area contributed by atoms with Crippen LogP contribution in [0.5, 0.6) is 5.75 Å². The van der Waals surface area contributed by atoms with Gasteiger partial charge in [0.2, 0.25) is 5.91 Å². The number of amides is 1. The van der Waals surface area contributed by atoms with Crippen molar-refractivity contribution in [3.63, 3.8) is 0 Å². The van der Waals surface area contributed by atoms with Crippen molar-refractivity contribution in [3.05, 3.63) is 29.8 Å². The van der Waals surface area contributed by atoms with Crippen LogP contribution in [-0.2, 0) is 4.79 Å². The van der Waals surface area contributed by atoms with E-state index in [1.807, 2.05) is 38.1 Å². The number of benzene rings is 1. The van der Waals surface area contributed by atoms with Crippen molar-refractivity contribution < 1.29 is 9.53 Å². The summed E-state index contributed by atoms with van der Waals surface area (Å²) >= 11 is 0. The topological polar surface area (TPSA) is 41.6 Å². The highest BCUT2D eigenvalue weighted by Gasteiger charge is 2.07. The molecule has 0 heterocycles. The summed E-state index contributed by atoms with van der Waals surface area (Å²) in [4.78, 5) is 13.3. The summed E-state index contributed by atoms with van der Waals surface area (Å²) in [5.41, 5.74) is 1.11. The second kappa shape index (κ2) is 7.71. The van der Waals surface area contributed by atoms with Crippen LogP contribution in [0.1, 0.15) is 12.5 Å². The summed E-state index contributed by atoms with van der Waals surface area (Å²) in [6, 6.07) is 7.88. The Morgan fingerprint density at radius 3 is 2.78 bits per heavy atom. The molecule has 4 nitrogen and oxygen atoms in total. The van der Waals surface area contributed by atoms with E-state index in [4.69, 9.17) is 4.74 Å². The highest BCUT2D eigenvalue weighted by atomic mass is 16.5. The third kappa shape index (κ3) is 4.75. The lowest BCUT2D eigenvalue weighted by atomic mass is 10.2. The maximum atomic E-state index is 11.6. The Morgan fingerprint density at radius 1 is 1.39 bits per heavy atom. The number of nitrogens with one attached hydrogen (secondary N) is 1. The predicted octanol–water partition coefficient (Wildman–Crippen LogP) is 1.44. The molecular weight excluding hydrogens is 228 g/mol. The molecule has 1 rings (SSSR count). The van der Waals surface area contributed by atoms with Gasteiger partial charge in [0.25, 0.3) is 0 Å². The van der Waals surface area contributed by atoms with E-state index in [2.05, 4.69) is 5.32 Å². The van der Waals surface area contributed by atoms with Crippen LogP contribution in [0.3, 0.4) is 0 Å². The lowest BCUT2D eigenvalue weighted by Gasteiger charge is -2.18. The predicted molar refractivity (Wildman–Crippen MR) is 72.9 cm³/mol. The van der Waals surface area contributed by atoms with Crippen LogP contribution in [-0.4, -0.2) is 44.1 Å². The van der Waals surface area contributed by atoms with E-state index in [1.165, 1.54) is 0 Å². The van der Waals surface area contributed by atoms with Crippen molar-refractivity contribution in [2.75, 3.05) is 33.3 Å². The van der Waals surface area contributed by atoms with Crippen molar-refractivity contribution in [2.45, 2.75) is 13.8 Å². The van der Waals surface area contributed by atoms with Crippen LogP contribution >= 0.6 is 0 Å². The summed E-state index contributed by atoms with van der Waals surface area (Å²) in [5, 5.41) is 3.01. The smallest absolute Gasteiger partial charge is 0.236 e. The molecule has 0 saturated heterocycles. The molecule has 1 aromatic carbocycles. The summed E-state index contributed by atoms with van der Waals surface area (Å²) in [6.07, 6.45) is 0. The molecule has 0 saturated carbocycles. The number of para-hydroxylation sites is 1. The minimum Gasteiger partial charge on any atom is -0.491 e. The lowest BCUT2D eigenvalue weighted by molar-refractivity contribution is -0.129. The summed E-state index contributed by atoms with van der Waals surface area (Å²) in [6.45, 7) is 6.29. The Labute approximate surface area is 109 Å². The van der Waals surface area contributed by atoms with E-state index < -0.39 is 0 Å². The number of likely N-dealkylation sites (N-methyl/N-ethyl adjacent to an activating group) is 2. The molecule has 0 aromatic heterocycles. The zero-order valence-corrected chi connectivity index (χ0v) is 11.4. The standard InChI is InChI=1S/C14H22N2O2/c1-4-15-11-14(17)16(3)9-10-18-13-8-6-5-7-12(13)2/h5-8,15H,4,9-11H2,1-3H3. The first-order valence-corrected chi connectivity index (χ1v) is 6.28. The fourth-order valence-electron chi connectivity index (χ4n) is 1.50. The van der Waals surface area contributed by atoms with E-state index in [9.17, 15) is 4.79 Å². The molecule has 0 bridgehead atoms. The molecule has 100 valence electrons. The minimum atomic E-state index is 0.0882. The highest BCUT2D eigenvalue weighted by molar-refractivity contribution is 5.77. The molecule has 0 unspecified atom stereocenters. The van der Waals surface area contributed by atoms with Crippen LogP contribution in [0.15, 0.2) is 24.3 Å². The van der Waals surface area contributed by atoms with E-state index in [0.717, 1.165) is 17.9 Å². The van der Waals surface area contributed by atoms with Gasteiger partial charge in [0, 0.05) is 7.05 Å². The Morgan fingerprint density at radius 2 is 2.11 bits per heavy atom. The zero-order chi connectivity index (χ0) is 13.4. The SMILES string of the molecule is CCNCC(=O)N(C)CCOc1ccccc1C. The maximum absolute atomic E-state index is 11.6. The molecule has 0 aliphatic rings. The van der Waals surface area contributed by atoms with Crippen LogP contribution in [0, 0.1) is 6.92 Å². The first kappa shape index (κ1) is 14.5. The summed E-state index contributed by atoms with van der Waals surface area (Å²) < 4.78 is 5.65. The maximum Gasteiger partial charge on any atom is 0.236 e. The van der Waals surface area contributed by atoms with E-state index in [-0.39, 0.29) is 5.91 Å². The van der Waals surface area contributed by atoms with Crippen LogP contribution in [0.25, 0.3) is 0 Å². The van der Waals surface area contributed by atoms with E-state index in [0.29, 0.717) is 19.7 Å². The van der Waals surface area contributed by atoms with Gasteiger partial charge >= 0.3 is 0 Å². The van der Waals surface area contributed by atoms with E-state index in [1.54, 1.807) is 11.9 Å². The second-order valence-electron chi connectivity index (χ2n) is 4.21. The van der Waals surface area contributed by atoms with Crippen molar-refractivity contribution in [3.8, 4) is 5.75 Å². The molecule has 1 aromatic rings. The zero-order valence-electron chi connectivity index (χ0n) is 11.4. The van der Waals surface area contributed by atoms with Gasteiger partial charge in [-0.25, -0.2) is 0 Å². The molecular formula is C14H22N2O2. The lowest BCUT2D eigenvalue weighted by Crippen LogP contribution is -2.37. The van der Waals surface area contributed by atoms with Gasteiger partial charge in [0.1, 0.15) is 12.4 Å². The van der Waals surface area contributed by atoms with Crippen LogP contribution in [0.2, 0.25) is 0 Å². The Balaban J connectivity index is 2.29. The van der Waals surface area contributed by atoms with Gasteiger partial charge in [-0.3, -0.25) is 4.79 Å². The Hall–Kier alpha value is -1.55. The van der Waals surface area contributed by atoms with Gasteiger partial charge < -0.3 is 15.0 Å². The third-order valence-corrected chi connectivity index (χ3v) is 2.73. The normalized spacial score (nSPS) is 10.2. The quantitative estimate of drug-likeness (QED) is 0.796. The largest absolute Gasteiger partial charge is 0.491 e. The number of hydrogen-bond donors (Lipinski definition) is 1. The van der Waals surface area contributed by atoms with Crippen molar-refractivity contribution in [2.24, 2.45) is 0 Å². The molecule has 0 atom stereocenters. The van der Waals surface area contributed by atoms with Crippen LogP contribution < -0.4 is 10.1 Å². The molecule has 4 heteroatoms. The minimum absolute atomic E-state index is 0.0882. The van der Waals surface area contributed by atoms with Gasteiger partial charge in [0.15, 0.2) is 0 Å². The first-order chi connectivity index (χ1) is 8.65. The number of ether oxygens (including phenoxy) is 1. The third-order valence-electron chi connectivity index (χ3n) is 2.73. The molecule has 0 fully saturated rings. The van der Waals surface area contributed by atoms with Gasteiger partial charge in [-0.2, -0.15) is 0 Å². The fourth-order valence-corrected chi connectivity index (χ4v) is 1.50. The molecule has 1 amide bonds. The van der Waals surface area contributed by atoms with Crippen molar-refractivity contribution in [1.29, 1.82) is 0 Å². The number of carbonyl (C=O) groups excluding carboxylic acids is 1. The number of rotatable bonds is 7. The van der Waals surface area contributed by atoms with Gasteiger partial charge in [-0.05, 0) is 25.1 Å². The van der Waals surface area contributed by atoms with Gasteiger partial charge in [-0.15, -0.1) is 0 Å². The average Bonchev–Trinajstić information content (AvgIpc) is 2.38. The number of aryl methyl sites for hydroxylation is 1.